The van der Waals surface area contributed by atoms with Crippen molar-refractivity contribution in [1.29, 1.82) is 0 Å². The SMILES string of the molecule is CC(=O)c1ccc(OCC(N)C(N)=O)cc1. The van der Waals surface area contributed by atoms with Crippen LogP contribution in [-0.4, -0.2) is 24.3 Å². The number of hydrogen-bond donors (Lipinski definition) is 2. The van der Waals surface area contributed by atoms with Gasteiger partial charge < -0.3 is 16.2 Å². The third-order valence-electron chi connectivity index (χ3n) is 2.06. The number of primary amides is 1. The lowest BCUT2D eigenvalue weighted by molar-refractivity contribution is -0.119. The van der Waals surface area contributed by atoms with Crippen molar-refractivity contribution in [1.82, 2.24) is 0 Å². The van der Waals surface area contributed by atoms with E-state index < -0.39 is 11.9 Å². The van der Waals surface area contributed by atoms with E-state index in [9.17, 15) is 9.59 Å². The maximum absolute atomic E-state index is 11.0. The van der Waals surface area contributed by atoms with Gasteiger partial charge in [-0.25, -0.2) is 0 Å². The summed E-state index contributed by atoms with van der Waals surface area (Å²) in [6.45, 7) is 1.51. The highest BCUT2D eigenvalue weighted by Crippen LogP contribution is 2.12. The second-order valence-corrected chi connectivity index (χ2v) is 3.40. The third-order valence-corrected chi connectivity index (χ3v) is 2.06. The molecule has 0 aromatic heterocycles. The van der Waals surface area contributed by atoms with Gasteiger partial charge in [-0.1, -0.05) is 0 Å². The molecule has 0 bridgehead atoms. The number of Topliss-reactive ketones (excluding diaryl/α,β-unsaturated/α-hetero) is 1. The van der Waals surface area contributed by atoms with Crippen LogP contribution in [0, 0.1) is 0 Å². The Morgan fingerprint density at radius 3 is 2.31 bits per heavy atom. The monoisotopic (exact) mass is 222 g/mol. The molecule has 16 heavy (non-hydrogen) atoms. The van der Waals surface area contributed by atoms with Crippen LogP contribution in [0.15, 0.2) is 24.3 Å². The number of ketones is 1. The zero-order chi connectivity index (χ0) is 12.1. The van der Waals surface area contributed by atoms with Crippen LogP contribution >= 0.6 is 0 Å². The lowest BCUT2D eigenvalue weighted by Crippen LogP contribution is -2.41. The highest BCUT2D eigenvalue weighted by molar-refractivity contribution is 5.94. The maximum atomic E-state index is 11.0. The molecule has 86 valence electrons. The van der Waals surface area contributed by atoms with Gasteiger partial charge in [0.15, 0.2) is 5.78 Å². The zero-order valence-electron chi connectivity index (χ0n) is 8.97. The summed E-state index contributed by atoms with van der Waals surface area (Å²) in [4.78, 5) is 21.6. The molecule has 0 aliphatic heterocycles. The molecule has 0 heterocycles. The van der Waals surface area contributed by atoms with Crippen LogP contribution in [0.1, 0.15) is 17.3 Å². The first-order valence-electron chi connectivity index (χ1n) is 4.79. The molecule has 1 atom stereocenters. The molecule has 4 N–H and O–H groups in total. The van der Waals surface area contributed by atoms with E-state index in [0.29, 0.717) is 11.3 Å². The number of amides is 1. The van der Waals surface area contributed by atoms with Gasteiger partial charge in [-0.15, -0.1) is 0 Å². The molecule has 0 aliphatic carbocycles. The maximum Gasteiger partial charge on any atom is 0.237 e. The molecular formula is C11H14N2O3. The topological polar surface area (TPSA) is 95.4 Å². The van der Waals surface area contributed by atoms with Crippen molar-refractivity contribution in [2.24, 2.45) is 11.5 Å². The van der Waals surface area contributed by atoms with E-state index in [0.717, 1.165) is 0 Å². The second kappa shape index (κ2) is 5.27. The highest BCUT2D eigenvalue weighted by Gasteiger charge is 2.09. The quantitative estimate of drug-likeness (QED) is 0.689. The second-order valence-electron chi connectivity index (χ2n) is 3.40. The van der Waals surface area contributed by atoms with Crippen LogP contribution in [0.2, 0.25) is 0 Å². The van der Waals surface area contributed by atoms with Crippen LogP contribution in [0.3, 0.4) is 0 Å². The lowest BCUT2D eigenvalue weighted by Gasteiger charge is -2.09. The van der Waals surface area contributed by atoms with Crippen molar-refractivity contribution in [2.45, 2.75) is 13.0 Å². The normalized spacial score (nSPS) is 11.9. The zero-order valence-corrected chi connectivity index (χ0v) is 8.97. The number of ether oxygens (including phenoxy) is 1. The molecule has 0 saturated heterocycles. The number of carbonyl (C=O) groups excluding carboxylic acids is 2. The van der Waals surface area contributed by atoms with Crippen molar-refractivity contribution in [3.05, 3.63) is 29.8 Å². The first-order valence-corrected chi connectivity index (χ1v) is 4.79. The summed E-state index contributed by atoms with van der Waals surface area (Å²) in [7, 11) is 0. The molecule has 1 unspecified atom stereocenters. The Morgan fingerprint density at radius 1 is 1.31 bits per heavy atom. The Hall–Kier alpha value is -1.88. The summed E-state index contributed by atoms with van der Waals surface area (Å²) in [5, 5.41) is 0. The van der Waals surface area contributed by atoms with Crippen molar-refractivity contribution in [2.75, 3.05) is 6.61 Å². The number of carbonyl (C=O) groups is 2. The molecule has 0 spiro atoms. The van der Waals surface area contributed by atoms with E-state index in [1.54, 1.807) is 24.3 Å². The van der Waals surface area contributed by atoms with Crippen LogP contribution in [0.4, 0.5) is 0 Å². The van der Waals surface area contributed by atoms with E-state index in [1.165, 1.54) is 6.92 Å². The minimum Gasteiger partial charge on any atom is -0.491 e. The lowest BCUT2D eigenvalue weighted by atomic mass is 10.1. The Morgan fingerprint density at radius 2 is 1.88 bits per heavy atom. The molecule has 0 fully saturated rings. The Bertz CT molecular complexity index is 387. The molecular weight excluding hydrogens is 208 g/mol. The van der Waals surface area contributed by atoms with Crippen molar-refractivity contribution < 1.29 is 14.3 Å². The summed E-state index contributed by atoms with van der Waals surface area (Å²) < 4.78 is 5.23. The van der Waals surface area contributed by atoms with E-state index in [2.05, 4.69) is 0 Å². The van der Waals surface area contributed by atoms with Crippen molar-refractivity contribution in [3.8, 4) is 5.75 Å². The van der Waals surface area contributed by atoms with Crippen LogP contribution in [0.25, 0.3) is 0 Å². The standard InChI is InChI=1S/C11H14N2O3/c1-7(14)8-2-4-9(5-3-8)16-6-10(12)11(13)15/h2-5,10H,6,12H2,1H3,(H2,13,15). The average Bonchev–Trinajstić information content (AvgIpc) is 2.26. The Labute approximate surface area is 93.4 Å². The van der Waals surface area contributed by atoms with Crippen LogP contribution < -0.4 is 16.2 Å². The van der Waals surface area contributed by atoms with Gasteiger partial charge in [0.2, 0.25) is 5.91 Å². The molecule has 5 nitrogen and oxygen atoms in total. The summed E-state index contributed by atoms with van der Waals surface area (Å²) in [6.07, 6.45) is 0. The van der Waals surface area contributed by atoms with Gasteiger partial charge in [0, 0.05) is 5.56 Å². The van der Waals surface area contributed by atoms with Gasteiger partial charge in [-0.2, -0.15) is 0 Å². The summed E-state index contributed by atoms with van der Waals surface area (Å²) in [5.41, 5.74) is 11.0. The smallest absolute Gasteiger partial charge is 0.237 e. The molecule has 0 saturated carbocycles. The largest absolute Gasteiger partial charge is 0.491 e. The van der Waals surface area contributed by atoms with Gasteiger partial charge in [-0.3, -0.25) is 9.59 Å². The van der Waals surface area contributed by atoms with Crippen molar-refractivity contribution in [3.63, 3.8) is 0 Å². The predicted molar refractivity (Wildman–Crippen MR) is 59.1 cm³/mol. The molecule has 5 heteroatoms. The van der Waals surface area contributed by atoms with E-state index >= 15 is 0 Å². The fourth-order valence-corrected chi connectivity index (χ4v) is 1.05. The molecule has 1 amide bonds. The van der Waals surface area contributed by atoms with Crippen LogP contribution in [0.5, 0.6) is 5.75 Å². The minimum atomic E-state index is -0.826. The first-order chi connectivity index (χ1) is 7.50. The summed E-state index contributed by atoms with van der Waals surface area (Å²) >= 11 is 0. The molecule has 1 rings (SSSR count). The highest BCUT2D eigenvalue weighted by atomic mass is 16.5. The van der Waals surface area contributed by atoms with E-state index in [4.69, 9.17) is 16.2 Å². The summed E-state index contributed by atoms with van der Waals surface area (Å²) in [5.74, 6) is -0.0811. The van der Waals surface area contributed by atoms with Gasteiger partial charge >= 0.3 is 0 Å². The first kappa shape index (κ1) is 12.2. The fraction of sp³-hybridized carbons (Fsp3) is 0.273. The fourth-order valence-electron chi connectivity index (χ4n) is 1.05. The Kier molecular flexibility index (Phi) is 4.02. The number of hydrogen-bond acceptors (Lipinski definition) is 4. The average molecular weight is 222 g/mol. The van der Waals surface area contributed by atoms with E-state index in [-0.39, 0.29) is 12.4 Å². The molecule has 0 aliphatic rings. The van der Waals surface area contributed by atoms with Gasteiger partial charge in [0.1, 0.15) is 18.4 Å². The molecule has 1 aromatic rings. The number of nitrogens with two attached hydrogens (primary N) is 2. The predicted octanol–water partition coefficient (Wildman–Crippen LogP) is 0.0806. The third kappa shape index (κ3) is 3.36. The van der Waals surface area contributed by atoms with Crippen molar-refractivity contribution >= 4 is 11.7 Å². The van der Waals surface area contributed by atoms with Gasteiger partial charge in [-0.05, 0) is 31.2 Å². The molecule has 0 radical (unpaired) electrons. The Balaban J connectivity index is 2.56. The van der Waals surface area contributed by atoms with Gasteiger partial charge in [0.25, 0.3) is 0 Å². The summed E-state index contributed by atoms with van der Waals surface area (Å²) in [6, 6.07) is 5.75. The number of rotatable bonds is 5. The van der Waals surface area contributed by atoms with E-state index in [1.807, 2.05) is 0 Å². The van der Waals surface area contributed by atoms with Crippen LogP contribution in [-0.2, 0) is 4.79 Å². The number of benzene rings is 1. The van der Waals surface area contributed by atoms with Gasteiger partial charge in [0.05, 0.1) is 0 Å². The molecule has 1 aromatic carbocycles. The minimum absolute atomic E-state index is 0.0135.